The number of nitrogens with one attached hydrogen (secondary N) is 1. The molecule has 0 unspecified atom stereocenters. The quantitative estimate of drug-likeness (QED) is 0.287. The van der Waals surface area contributed by atoms with Crippen LogP contribution in [0.2, 0.25) is 0 Å². The van der Waals surface area contributed by atoms with Crippen molar-refractivity contribution in [3.63, 3.8) is 0 Å². The number of aryl methyl sites for hydroxylation is 1. The van der Waals surface area contributed by atoms with Crippen LogP contribution in [0.25, 0.3) is 10.8 Å². The Kier molecular flexibility index (Phi) is 6.66. The molecule has 0 aliphatic heterocycles. The zero-order chi connectivity index (χ0) is 22.5. The molecule has 7 heteroatoms. The van der Waals surface area contributed by atoms with Crippen LogP contribution in [-0.4, -0.2) is 21.9 Å². The summed E-state index contributed by atoms with van der Waals surface area (Å²) in [5.41, 5.74) is 6.29. The molecular formula is C25H23BrN4O2. The van der Waals surface area contributed by atoms with Crippen LogP contribution in [0.1, 0.15) is 22.5 Å². The molecule has 32 heavy (non-hydrogen) atoms. The summed E-state index contributed by atoms with van der Waals surface area (Å²) >= 11 is 3.46. The number of rotatable bonds is 7. The Morgan fingerprint density at radius 2 is 1.84 bits per heavy atom. The molecule has 0 bridgehead atoms. The van der Waals surface area contributed by atoms with Gasteiger partial charge in [-0.05, 0) is 75.9 Å². The maximum Gasteiger partial charge on any atom is 0.261 e. The smallest absolute Gasteiger partial charge is 0.261 e. The second kappa shape index (κ2) is 9.78. The Morgan fingerprint density at radius 1 is 1.09 bits per heavy atom. The van der Waals surface area contributed by atoms with Crippen LogP contribution < -0.4 is 10.2 Å². The maximum absolute atomic E-state index is 12.1. The molecule has 1 amide bonds. The van der Waals surface area contributed by atoms with Crippen molar-refractivity contribution in [3.05, 3.63) is 93.7 Å². The Labute approximate surface area is 195 Å². The van der Waals surface area contributed by atoms with Crippen molar-refractivity contribution in [2.75, 3.05) is 0 Å². The molecule has 0 aliphatic carbocycles. The molecule has 0 aliphatic rings. The van der Waals surface area contributed by atoms with Crippen molar-refractivity contribution in [2.45, 2.75) is 27.0 Å². The molecule has 3 aromatic carbocycles. The van der Waals surface area contributed by atoms with Gasteiger partial charge in [0, 0.05) is 0 Å². The predicted molar refractivity (Wildman–Crippen MR) is 130 cm³/mol. The summed E-state index contributed by atoms with van der Waals surface area (Å²) in [6.07, 6.45) is 1.60. The molecule has 4 rings (SSSR count). The highest BCUT2D eigenvalue weighted by molar-refractivity contribution is 9.10. The van der Waals surface area contributed by atoms with E-state index in [4.69, 9.17) is 4.74 Å². The SMILES string of the molecule is Cc1nn(CC(=O)NN=Cc2ccc(OCc3cccc4ccccc34)cc2)c(C)c1Br. The first-order valence-corrected chi connectivity index (χ1v) is 11.0. The molecule has 1 aromatic heterocycles. The molecule has 0 atom stereocenters. The molecule has 1 heterocycles. The standard InChI is InChI=1S/C25H23BrN4O2/c1-17-25(26)18(2)30(29-17)15-24(31)28-27-14-19-10-12-22(13-11-19)32-16-21-8-5-7-20-6-3-4-9-23(20)21/h3-14H,15-16H2,1-2H3,(H,28,31). The number of nitrogens with zero attached hydrogens (tertiary/aromatic N) is 3. The number of hydrogen-bond donors (Lipinski definition) is 1. The average Bonchev–Trinajstić information content (AvgIpc) is 3.05. The summed E-state index contributed by atoms with van der Waals surface area (Å²) in [7, 11) is 0. The van der Waals surface area contributed by atoms with Crippen LogP contribution in [0.15, 0.2) is 76.3 Å². The maximum atomic E-state index is 12.1. The van der Waals surface area contributed by atoms with Crippen LogP contribution in [0.4, 0.5) is 0 Å². The number of benzene rings is 3. The second-order valence-electron chi connectivity index (χ2n) is 7.43. The van der Waals surface area contributed by atoms with Crippen molar-refractivity contribution in [2.24, 2.45) is 5.10 Å². The Morgan fingerprint density at radius 3 is 2.59 bits per heavy atom. The number of hydrogen-bond acceptors (Lipinski definition) is 4. The van der Waals surface area contributed by atoms with Crippen LogP contribution >= 0.6 is 15.9 Å². The first kappa shape index (κ1) is 21.8. The van der Waals surface area contributed by atoms with Gasteiger partial charge in [0.25, 0.3) is 5.91 Å². The third-order valence-electron chi connectivity index (χ3n) is 5.14. The van der Waals surface area contributed by atoms with Gasteiger partial charge in [0.05, 0.1) is 22.1 Å². The third kappa shape index (κ3) is 5.06. The third-order valence-corrected chi connectivity index (χ3v) is 6.29. The molecule has 0 saturated heterocycles. The van der Waals surface area contributed by atoms with E-state index in [1.807, 2.05) is 56.3 Å². The molecule has 162 valence electrons. The molecule has 1 N–H and O–H groups in total. The fraction of sp³-hybridized carbons (Fsp3) is 0.160. The van der Waals surface area contributed by atoms with E-state index >= 15 is 0 Å². The number of carbonyl (C=O) groups excluding carboxylic acids is 1. The van der Waals surface area contributed by atoms with Gasteiger partial charge < -0.3 is 4.74 Å². The lowest BCUT2D eigenvalue weighted by Gasteiger charge is -2.09. The van der Waals surface area contributed by atoms with Gasteiger partial charge in [0.15, 0.2) is 0 Å². The molecule has 4 aromatic rings. The average molecular weight is 491 g/mol. The van der Waals surface area contributed by atoms with Gasteiger partial charge in [-0.3, -0.25) is 9.48 Å². The zero-order valence-electron chi connectivity index (χ0n) is 17.9. The number of aromatic nitrogens is 2. The van der Waals surface area contributed by atoms with E-state index in [9.17, 15) is 4.79 Å². The number of fused-ring (bicyclic) bond motifs is 1. The molecule has 6 nitrogen and oxygen atoms in total. The van der Waals surface area contributed by atoms with Gasteiger partial charge in [-0.25, -0.2) is 5.43 Å². The lowest BCUT2D eigenvalue weighted by atomic mass is 10.1. The minimum Gasteiger partial charge on any atom is -0.489 e. The van der Waals surface area contributed by atoms with Gasteiger partial charge >= 0.3 is 0 Å². The number of halogens is 1. The Bertz CT molecular complexity index is 1270. The van der Waals surface area contributed by atoms with E-state index in [0.29, 0.717) is 6.61 Å². The minimum absolute atomic E-state index is 0.108. The topological polar surface area (TPSA) is 68.5 Å². The van der Waals surface area contributed by atoms with Crippen LogP contribution in [0.5, 0.6) is 5.75 Å². The van der Waals surface area contributed by atoms with E-state index in [1.54, 1.807) is 10.9 Å². The first-order valence-electron chi connectivity index (χ1n) is 10.2. The highest BCUT2D eigenvalue weighted by Gasteiger charge is 2.11. The second-order valence-corrected chi connectivity index (χ2v) is 8.22. The van der Waals surface area contributed by atoms with Crippen molar-refractivity contribution in [1.82, 2.24) is 15.2 Å². The summed E-state index contributed by atoms with van der Waals surface area (Å²) < 4.78 is 8.52. The number of amides is 1. The van der Waals surface area contributed by atoms with Gasteiger partial charge in [0.1, 0.15) is 18.9 Å². The van der Waals surface area contributed by atoms with Crippen LogP contribution in [0.3, 0.4) is 0 Å². The largest absolute Gasteiger partial charge is 0.489 e. The highest BCUT2D eigenvalue weighted by Crippen LogP contribution is 2.21. The summed E-state index contributed by atoms with van der Waals surface area (Å²) in [5.74, 6) is 0.531. The first-order chi connectivity index (χ1) is 15.5. The molecular weight excluding hydrogens is 468 g/mol. The fourth-order valence-corrected chi connectivity index (χ4v) is 3.69. The van der Waals surface area contributed by atoms with Crippen LogP contribution in [0, 0.1) is 13.8 Å². The van der Waals surface area contributed by atoms with Crippen molar-refractivity contribution >= 4 is 38.8 Å². The normalized spacial score (nSPS) is 11.2. The van der Waals surface area contributed by atoms with Crippen molar-refractivity contribution < 1.29 is 9.53 Å². The number of carbonyl (C=O) groups is 1. The molecule has 0 saturated carbocycles. The van der Waals surface area contributed by atoms with Gasteiger partial charge in [-0.2, -0.15) is 10.2 Å². The van der Waals surface area contributed by atoms with E-state index in [2.05, 4.69) is 55.8 Å². The van der Waals surface area contributed by atoms with Crippen LogP contribution in [-0.2, 0) is 17.9 Å². The number of ether oxygens (including phenoxy) is 1. The van der Waals surface area contributed by atoms with Gasteiger partial charge in [-0.1, -0.05) is 42.5 Å². The summed E-state index contributed by atoms with van der Waals surface area (Å²) in [6.45, 7) is 4.40. The Balaban J connectivity index is 1.31. The summed E-state index contributed by atoms with van der Waals surface area (Å²) in [5, 5.41) is 10.8. The van der Waals surface area contributed by atoms with E-state index in [0.717, 1.165) is 32.7 Å². The predicted octanol–water partition coefficient (Wildman–Crippen LogP) is 5.14. The summed E-state index contributed by atoms with van der Waals surface area (Å²) in [4.78, 5) is 12.1. The number of hydrazone groups is 1. The van der Waals surface area contributed by atoms with E-state index in [1.165, 1.54) is 10.8 Å². The monoisotopic (exact) mass is 490 g/mol. The van der Waals surface area contributed by atoms with Gasteiger partial charge in [-0.15, -0.1) is 0 Å². The lowest BCUT2D eigenvalue weighted by Crippen LogP contribution is -2.24. The highest BCUT2D eigenvalue weighted by atomic mass is 79.9. The minimum atomic E-state index is -0.241. The van der Waals surface area contributed by atoms with Crippen molar-refractivity contribution in [1.29, 1.82) is 0 Å². The summed E-state index contributed by atoms with van der Waals surface area (Å²) in [6, 6.07) is 22.1. The van der Waals surface area contributed by atoms with E-state index < -0.39 is 0 Å². The lowest BCUT2D eigenvalue weighted by molar-refractivity contribution is -0.121. The van der Waals surface area contributed by atoms with Crippen molar-refractivity contribution in [3.8, 4) is 5.75 Å². The molecule has 0 fully saturated rings. The zero-order valence-corrected chi connectivity index (χ0v) is 19.5. The fourth-order valence-electron chi connectivity index (χ4n) is 3.41. The van der Waals surface area contributed by atoms with E-state index in [-0.39, 0.29) is 12.5 Å². The Hall–Kier alpha value is -3.45. The molecule has 0 spiro atoms. The van der Waals surface area contributed by atoms with Gasteiger partial charge in [0.2, 0.25) is 0 Å². The molecule has 0 radical (unpaired) electrons.